The van der Waals surface area contributed by atoms with Gasteiger partial charge < -0.3 is 0 Å². The van der Waals surface area contributed by atoms with Gasteiger partial charge in [0.15, 0.2) is 5.51 Å². The smallest absolute Gasteiger partial charge is 0.267 e. The normalized spacial score (nSPS) is 10.2. The van der Waals surface area contributed by atoms with E-state index < -0.39 is 0 Å². The Morgan fingerprint density at radius 1 is 1.36 bits per heavy atom. The van der Waals surface area contributed by atoms with Crippen molar-refractivity contribution >= 4 is 21.4 Å². The fourth-order valence-electron chi connectivity index (χ4n) is 0.906. The van der Waals surface area contributed by atoms with Gasteiger partial charge in [-0.2, -0.15) is 4.98 Å². The topological polar surface area (TPSA) is 30.0 Å². The molecule has 11 heavy (non-hydrogen) atoms. The van der Waals surface area contributed by atoms with Crippen molar-refractivity contribution in [3.63, 3.8) is 0 Å². The summed E-state index contributed by atoms with van der Waals surface area (Å²) in [6, 6.07) is 7.39. The number of fused-ring (bicyclic) bond motifs is 1. The Morgan fingerprint density at radius 3 is 3.00 bits per heavy atom. The molecule has 0 amide bonds. The first-order valence-electron chi connectivity index (χ1n) is 3.14. The molecule has 0 N–H and O–H groups in total. The van der Waals surface area contributed by atoms with Gasteiger partial charge in [-0.05, 0) is 12.1 Å². The highest BCUT2D eigenvalue weighted by Crippen LogP contribution is 2.11. The van der Waals surface area contributed by atoms with Crippen LogP contribution >= 0.6 is 11.3 Å². The van der Waals surface area contributed by atoms with Gasteiger partial charge in [-0.3, -0.25) is 4.79 Å². The van der Waals surface area contributed by atoms with Crippen LogP contribution < -0.4 is 5.56 Å². The molecule has 0 saturated carbocycles. The number of hydrogen-bond donors (Lipinski definition) is 0. The third-order valence-electron chi connectivity index (χ3n) is 1.42. The Bertz CT molecular complexity index is 430. The minimum Gasteiger partial charge on any atom is -0.267 e. The molecule has 0 aliphatic carbocycles. The summed E-state index contributed by atoms with van der Waals surface area (Å²) < 4.78 is 0.938. The van der Waals surface area contributed by atoms with Crippen molar-refractivity contribution in [2.75, 3.05) is 0 Å². The van der Waals surface area contributed by atoms with Crippen LogP contribution in [0.4, 0.5) is 0 Å². The van der Waals surface area contributed by atoms with Crippen LogP contribution in [0, 0.1) is 5.51 Å². The van der Waals surface area contributed by atoms with Crippen LogP contribution in [0.3, 0.4) is 0 Å². The van der Waals surface area contributed by atoms with Gasteiger partial charge >= 0.3 is 0 Å². The highest BCUT2D eigenvalue weighted by Gasteiger charge is 1.95. The molecule has 0 saturated heterocycles. The van der Waals surface area contributed by atoms with E-state index in [1.54, 1.807) is 6.07 Å². The molecule has 2 aromatic rings. The Hall–Kier alpha value is -1.22. The molecular weight excluding hydrogens is 158 g/mol. The lowest BCUT2D eigenvalue weighted by Crippen LogP contribution is -2.02. The second-order valence-electron chi connectivity index (χ2n) is 2.11. The molecule has 0 bridgehead atoms. The molecule has 3 heteroatoms. The van der Waals surface area contributed by atoms with Gasteiger partial charge in [0.25, 0.3) is 5.56 Å². The Labute approximate surface area is 67.1 Å². The molecule has 0 aliphatic heterocycles. The summed E-state index contributed by atoms with van der Waals surface area (Å²) in [5.74, 6) is 0. The van der Waals surface area contributed by atoms with Gasteiger partial charge in [0.2, 0.25) is 0 Å². The van der Waals surface area contributed by atoms with Crippen LogP contribution in [-0.4, -0.2) is 4.98 Å². The largest absolute Gasteiger partial charge is 0.279 e. The summed E-state index contributed by atoms with van der Waals surface area (Å²) in [6.07, 6.45) is 0. The maximum atomic E-state index is 11.0. The van der Waals surface area contributed by atoms with Crippen molar-refractivity contribution in [3.8, 4) is 0 Å². The molecule has 0 fully saturated rings. The minimum atomic E-state index is -0.195. The van der Waals surface area contributed by atoms with Gasteiger partial charge in [-0.25, -0.2) is 0 Å². The number of nitrogens with zero attached hydrogens (tertiary/aromatic N) is 1. The first kappa shape index (κ1) is 6.49. The molecule has 0 aliphatic rings. The molecule has 0 spiro atoms. The van der Waals surface area contributed by atoms with E-state index in [9.17, 15) is 4.79 Å². The molecule has 53 valence electrons. The lowest BCUT2D eigenvalue weighted by molar-refractivity contribution is 1.30. The number of benzene rings is 1. The molecule has 1 aromatic heterocycles. The molecule has 2 nitrogen and oxygen atoms in total. The Kier molecular flexibility index (Phi) is 1.43. The predicted octanol–water partition coefficient (Wildman–Crippen LogP) is 1.46. The number of aromatic nitrogens is 1. The molecule has 2 rings (SSSR count). The average Bonchev–Trinajstić information content (AvgIpc) is 2.06. The van der Waals surface area contributed by atoms with Crippen LogP contribution in [0.15, 0.2) is 29.1 Å². The van der Waals surface area contributed by atoms with Crippen molar-refractivity contribution in [1.29, 1.82) is 0 Å². The quantitative estimate of drug-likeness (QED) is 0.587. The van der Waals surface area contributed by atoms with E-state index in [1.807, 2.05) is 18.2 Å². The van der Waals surface area contributed by atoms with Gasteiger partial charge in [-0.1, -0.05) is 12.1 Å². The Morgan fingerprint density at radius 2 is 2.18 bits per heavy atom. The first-order valence-corrected chi connectivity index (χ1v) is 3.95. The van der Waals surface area contributed by atoms with Crippen LogP contribution in [-0.2, 0) is 0 Å². The number of rotatable bonds is 0. The van der Waals surface area contributed by atoms with E-state index in [1.165, 1.54) is 11.3 Å². The number of hydrogen-bond acceptors (Lipinski definition) is 3. The van der Waals surface area contributed by atoms with Crippen molar-refractivity contribution in [1.82, 2.24) is 4.98 Å². The van der Waals surface area contributed by atoms with Gasteiger partial charge in [0.05, 0.1) is 5.39 Å². The third kappa shape index (κ3) is 1.03. The summed E-state index contributed by atoms with van der Waals surface area (Å²) in [5, 5.41) is 0.677. The van der Waals surface area contributed by atoms with E-state index in [-0.39, 0.29) is 5.56 Å². The molecule has 1 heterocycles. The second-order valence-corrected chi connectivity index (χ2v) is 2.93. The van der Waals surface area contributed by atoms with E-state index in [4.69, 9.17) is 0 Å². The molecule has 0 unspecified atom stereocenters. The first-order chi connectivity index (χ1) is 5.38. The van der Waals surface area contributed by atoms with Gasteiger partial charge in [0.1, 0.15) is 0 Å². The molecular formula is C8H4NOS. The predicted molar refractivity (Wildman–Crippen MR) is 44.7 cm³/mol. The fraction of sp³-hybridized carbons (Fsp3) is 0. The molecule has 0 atom stereocenters. The lowest BCUT2D eigenvalue weighted by Gasteiger charge is -1.89. The Balaban J connectivity index is 3.03. The summed E-state index contributed by atoms with van der Waals surface area (Å²) >= 11 is 1.35. The van der Waals surface area contributed by atoms with Crippen molar-refractivity contribution < 1.29 is 0 Å². The zero-order valence-electron chi connectivity index (χ0n) is 5.57. The minimum absolute atomic E-state index is 0.195. The van der Waals surface area contributed by atoms with E-state index in [0.29, 0.717) is 5.39 Å². The fourth-order valence-corrected chi connectivity index (χ4v) is 1.54. The van der Waals surface area contributed by atoms with E-state index >= 15 is 0 Å². The molecule has 1 radical (unpaired) electrons. The van der Waals surface area contributed by atoms with Crippen LogP contribution in [0.1, 0.15) is 0 Å². The van der Waals surface area contributed by atoms with Crippen LogP contribution in [0.25, 0.3) is 10.1 Å². The third-order valence-corrected chi connectivity index (χ3v) is 2.18. The second kappa shape index (κ2) is 2.43. The zero-order chi connectivity index (χ0) is 7.68. The van der Waals surface area contributed by atoms with Crippen LogP contribution in [0.5, 0.6) is 0 Å². The van der Waals surface area contributed by atoms with Crippen molar-refractivity contribution in [2.24, 2.45) is 0 Å². The monoisotopic (exact) mass is 162 g/mol. The van der Waals surface area contributed by atoms with Gasteiger partial charge in [0, 0.05) is 4.70 Å². The van der Waals surface area contributed by atoms with E-state index in [2.05, 4.69) is 10.5 Å². The van der Waals surface area contributed by atoms with Crippen molar-refractivity contribution in [3.05, 3.63) is 40.1 Å². The lowest BCUT2D eigenvalue weighted by atomic mass is 10.3. The maximum Gasteiger partial charge on any atom is 0.279 e. The zero-order valence-corrected chi connectivity index (χ0v) is 6.39. The van der Waals surface area contributed by atoms with Crippen LogP contribution in [0.2, 0.25) is 0 Å². The summed E-state index contributed by atoms with van der Waals surface area (Å²) in [6.45, 7) is 0. The highest BCUT2D eigenvalue weighted by atomic mass is 32.1. The standard InChI is InChI=1S/C8H4NOS/c10-8-6-3-1-2-4-7(6)11-5-9-8/h1-4H. The molecule has 1 aromatic carbocycles. The summed E-state index contributed by atoms with van der Waals surface area (Å²) in [5.41, 5.74) is 2.39. The summed E-state index contributed by atoms with van der Waals surface area (Å²) in [7, 11) is 0. The average molecular weight is 162 g/mol. The van der Waals surface area contributed by atoms with Crippen molar-refractivity contribution in [2.45, 2.75) is 0 Å². The van der Waals surface area contributed by atoms with E-state index in [0.717, 1.165) is 4.70 Å². The highest BCUT2D eigenvalue weighted by molar-refractivity contribution is 7.15. The summed E-state index contributed by atoms with van der Waals surface area (Å²) in [4.78, 5) is 14.6. The maximum absolute atomic E-state index is 11.0. The SMILES string of the molecule is O=c1n[c]sc2ccccc12. The van der Waals surface area contributed by atoms with Gasteiger partial charge in [-0.15, -0.1) is 11.3 Å².